The molecule has 2 heterocycles. The molecule has 0 aliphatic heterocycles. The first-order valence-corrected chi connectivity index (χ1v) is 7.13. The van der Waals surface area contributed by atoms with Gasteiger partial charge in [0.1, 0.15) is 10.7 Å². The van der Waals surface area contributed by atoms with Gasteiger partial charge in [-0.3, -0.25) is 4.79 Å². The maximum Gasteiger partial charge on any atom is 0.268 e. The molecule has 4 nitrogen and oxygen atoms in total. The second kappa shape index (κ2) is 5.93. The number of amides is 1. The van der Waals surface area contributed by atoms with Crippen molar-refractivity contribution in [2.45, 2.75) is 33.6 Å². The first kappa shape index (κ1) is 13.7. The summed E-state index contributed by atoms with van der Waals surface area (Å²) in [6, 6.07) is 5.56. The molecule has 0 atom stereocenters. The molecule has 0 unspecified atom stereocenters. The van der Waals surface area contributed by atoms with E-state index >= 15 is 0 Å². The zero-order valence-corrected chi connectivity index (χ0v) is 12.2. The summed E-state index contributed by atoms with van der Waals surface area (Å²) >= 11 is 1.46. The largest absolute Gasteiger partial charge is 0.306 e. The van der Waals surface area contributed by atoms with Gasteiger partial charge in [-0.05, 0) is 38.8 Å². The highest BCUT2D eigenvalue weighted by molar-refractivity contribution is 7.13. The predicted molar refractivity (Wildman–Crippen MR) is 77.8 cm³/mol. The van der Waals surface area contributed by atoms with Gasteiger partial charge in [0.05, 0.1) is 10.7 Å². The fourth-order valence-corrected chi connectivity index (χ4v) is 2.83. The molecule has 0 radical (unpaired) electrons. The Bertz CT molecular complexity index is 592. The lowest BCUT2D eigenvalue weighted by molar-refractivity contribution is 0.102. The normalized spacial score (nSPS) is 10.5. The van der Waals surface area contributed by atoms with Gasteiger partial charge in [0, 0.05) is 5.69 Å². The van der Waals surface area contributed by atoms with E-state index in [2.05, 4.69) is 22.2 Å². The molecule has 0 aromatic carbocycles. The summed E-state index contributed by atoms with van der Waals surface area (Å²) in [6.45, 7) is 5.87. The molecule has 2 rings (SSSR count). The van der Waals surface area contributed by atoms with Crippen molar-refractivity contribution in [2.75, 3.05) is 5.32 Å². The summed E-state index contributed by atoms with van der Waals surface area (Å²) in [6.07, 6.45) is 1.95. The number of hydrogen-bond donors (Lipinski definition) is 1. The summed E-state index contributed by atoms with van der Waals surface area (Å²) in [5.74, 6) is 0.449. The highest BCUT2D eigenvalue weighted by Gasteiger charge is 2.15. The minimum absolute atomic E-state index is 0.129. The molecule has 0 bridgehead atoms. The van der Waals surface area contributed by atoms with Gasteiger partial charge >= 0.3 is 0 Å². The van der Waals surface area contributed by atoms with Crippen molar-refractivity contribution in [2.24, 2.45) is 0 Å². The monoisotopic (exact) mass is 275 g/mol. The van der Waals surface area contributed by atoms with Gasteiger partial charge in [0.2, 0.25) is 0 Å². The second-order valence-electron chi connectivity index (χ2n) is 4.39. The number of carbonyl (C=O) groups is 1. The maximum atomic E-state index is 12.2. The minimum atomic E-state index is -0.129. The molecule has 2 aromatic rings. The van der Waals surface area contributed by atoms with Crippen molar-refractivity contribution in [1.29, 1.82) is 0 Å². The number of hydrogen-bond acceptors (Lipinski definition) is 4. The van der Waals surface area contributed by atoms with Gasteiger partial charge in [0.15, 0.2) is 0 Å². The lowest BCUT2D eigenvalue weighted by atomic mass is 10.3. The summed E-state index contributed by atoms with van der Waals surface area (Å²) in [7, 11) is 0. The first-order valence-electron chi connectivity index (χ1n) is 6.31. The van der Waals surface area contributed by atoms with E-state index in [4.69, 9.17) is 0 Å². The maximum absolute atomic E-state index is 12.2. The number of aryl methyl sites for hydroxylation is 3. The predicted octanol–water partition coefficient (Wildman–Crippen LogP) is 3.36. The van der Waals surface area contributed by atoms with Gasteiger partial charge in [-0.2, -0.15) is 0 Å². The van der Waals surface area contributed by atoms with Crippen LogP contribution in [-0.2, 0) is 6.42 Å². The number of anilines is 1. The second-order valence-corrected chi connectivity index (χ2v) is 5.47. The standard InChI is InChI=1S/C14H17N3OS/c1-4-6-12-16-10(3)13(19-12)14(18)17-11-8-5-7-9(2)15-11/h5,7-8H,4,6H2,1-3H3,(H,15,17,18). The average molecular weight is 275 g/mol. The minimum Gasteiger partial charge on any atom is -0.306 e. The number of pyridine rings is 1. The number of aromatic nitrogens is 2. The van der Waals surface area contributed by atoms with E-state index < -0.39 is 0 Å². The van der Waals surface area contributed by atoms with E-state index in [1.54, 1.807) is 6.07 Å². The smallest absolute Gasteiger partial charge is 0.268 e. The van der Waals surface area contributed by atoms with E-state index in [-0.39, 0.29) is 5.91 Å². The molecule has 0 aliphatic carbocycles. The van der Waals surface area contributed by atoms with E-state index in [9.17, 15) is 4.79 Å². The topological polar surface area (TPSA) is 54.9 Å². The van der Waals surface area contributed by atoms with E-state index in [0.29, 0.717) is 10.7 Å². The van der Waals surface area contributed by atoms with Crippen LogP contribution in [0.15, 0.2) is 18.2 Å². The van der Waals surface area contributed by atoms with Crippen LogP contribution in [0.1, 0.15) is 39.4 Å². The zero-order valence-electron chi connectivity index (χ0n) is 11.4. The molecule has 1 N–H and O–H groups in total. The third kappa shape index (κ3) is 3.38. The highest BCUT2D eigenvalue weighted by Crippen LogP contribution is 2.20. The summed E-state index contributed by atoms with van der Waals surface area (Å²) < 4.78 is 0. The van der Waals surface area contributed by atoms with Crippen LogP contribution in [0.5, 0.6) is 0 Å². The molecule has 0 saturated carbocycles. The molecule has 5 heteroatoms. The molecular formula is C14H17N3OS. The van der Waals surface area contributed by atoms with Crippen molar-refractivity contribution in [1.82, 2.24) is 9.97 Å². The van der Waals surface area contributed by atoms with Gasteiger partial charge in [0.25, 0.3) is 5.91 Å². The molecule has 2 aromatic heterocycles. The first-order chi connectivity index (χ1) is 9.10. The molecule has 0 saturated heterocycles. The Kier molecular flexibility index (Phi) is 4.27. The lowest BCUT2D eigenvalue weighted by Crippen LogP contribution is -2.12. The van der Waals surface area contributed by atoms with E-state index in [0.717, 1.165) is 29.2 Å². The number of rotatable bonds is 4. The number of carbonyl (C=O) groups excluding carboxylic acids is 1. The van der Waals surface area contributed by atoms with Crippen molar-refractivity contribution in [3.05, 3.63) is 39.5 Å². The van der Waals surface area contributed by atoms with Gasteiger partial charge in [-0.25, -0.2) is 9.97 Å². The number of nitrogens with one attached hydrogen (secondary N) is 1. The molecule has 0 spiro atoms. The Morgan fingerprint density at radius 3 is 2.79 bits per heavy atom. The van der Waals surface area contributed by atoms with Gasteiger partial charge in [-0.1, -0.05) is 13.0 Å². The molecule has 0 fully saturated rings. The Balaban J connectivity index is 2.15. The number of nitrogens with zero attached hydrogens (tertiary/aromatic N) is 2. The molecule has 0 aliphatic rings. The molecule has 1 amide bonds. The SMILES string of the molecule is CCCc1nc(C)c(C(=O)Nc2cccc(C)n2)s1. The Morgan fingerprint density at radius 1 is 1.32 bits per heavy atom. The van der Waals surface area contributed by atoms with Crippen LogP contribution in [0.4, 0.5) is 5.82 Å². The average Bonchev–Trinajstić information content (AvgIpc) is 2.71. The van der Waals surface area contributed by atoms with Crippen LogP contribution in [0.3, 0.4) is 0 Å². The van der Waals surface area contributed by atoms with E-state index in [1.807, 2.05) is 26.0 Å². The van der Waals surface area contributed by atoms with Crippen LogP contribution < -0.4 is 5.32 Å². The van der Waals surface area contributed by atoms with Crippen LogP contribution in [0.2, 0.25) is 0 Å². The molecular weight excluding hydrogens is 258 g/mol. The van der Waals surface area contributed by atoms with Crippen LogP contribution in [0, 0.1) is 13.8 Å². The van der Waals surface area contributed by atoms with Crippen LogP contribution >= 0.6 is 11.3 Å². The zero-order chi connectivity index (χ0) is 13.8. The van der Waals surface area contributed by atoms with Crippen LogP contribution in [-0.4, -0.2) is 15.9 Å². The fourth-order valence-electron chi connectivity index (χ4n) is 1.77. The highest BCUT2D eigenvalue weighted by atomic mass is 32.1. The number of thiazole rings is 1. The van der Waals surface area contributed by atoms with Crippen molar-refractivity contribution < 1.29 is 4.79 Å². The molecule has 19 heavy (non-hydrogen) atoms. The third-order valence-electron chi connectivity index (χ3n) is 2.64. The third-order valence-corrected chi connectivity index (χ3v) is 3.86. The Labute approximate surface area is 116 Å². The Morgan fingerprint density at radius 2 is 2.11 bits per heavy atom. The quantitative estimate of drug-likeness (QED) is 0.930. The van der Waals surface area contributed by atoms with Crippen LogP contribution in [0.25, 0.3) is 0 Å². The summed E-state index contributed by atoms with van der Waals surface area (Å²) in [5, 5.41) is 3.83. The van der Waals surface area contributed by atoms with Gasteiger partial charge < -0.3 is 5.32 Å². The Hall–Kier alpha value is -1.75. The molecule has 100 valence electrons. The summed E-state index contributed by atoms with van der Waals surface area (Å²) in [5.41, 5.74) is 1.67. The van der Waals surface area contributed by atoms with Crippen molar-refractivity contribution in [3.8, 4) is 0 Å². The fraction of sp³-hybridized carbons (Fsp3) is 0.357. The lowest BCUT2D eigenvalue weighted by Gasteiger charge is -2.03. The van der Waals surface area contributed by atoms with Crippen molar-refractivity contribution in [3.63, 3.8) is 0 Å². The van der Waals surface area contributed by atoms with Crippen molar-refractivity contribution >= 4 is 23.1 Å². The summed E-state index contributed by atoms with van der Waals surface area (Å²) in [4.78, 5) is 21.5. The van der Waals surface area contributed by atoms with E-state index in [1.165, 1.54) is 11.3 Å². The van der Waals surface area contributed by atoms with Gasteiger partial charge in [-0.15, -0.1) is 11.3 Å².